The summed E-state index contributed by atoms with van der Waals surface area (Å²) in [6.07, 6.45) is 0.512. The van der Waals surface area contributed by atoms with Crippen LogP contribution in [0.15, 0.2) is 42.5 Å². The standard InChI is InChI=1S/C20H20F2N4O2/c1-4-17-18(19(27)23-16-7-5-6-12(2)13(16)3)24-25-26(17)14-8-10-15(11-9-14)28-20(21)22/h5-11,20H,4H2,1-3H3,(H,23,27). The number of nitrogens with zero attached hydrogens (tertiary/aromatic N) is 3. The van der Waals surface area contributed by atoms with E-state index in [4.69, 9.17) is 0 Å². The van der Waals surface area contributed by atoms with Gasteiger partial charge in [-0.25, -0.2) is 4.68 Å². The molecule has 0 aliphatic carbocycles. The number of benzene rings is 2. The van der Waals surface area contributed by atoms with Crippen LogP contribution in [0.25, 0.3) is 5.69 Å². The monoisotopic (exact) mass is 386 g/mol. The topological polar surface area (TPSA) is 69.0 Å². The Morgan fingerprint density at radius 1 is 1.18 bits per heavy atom. The van der Waals surface area contributed by atoms with Crippen molar-refractivity contribution in [2.45, 2.75) is 33.8 Å². The molecule has 8 heteroatoms. The fourth-order valence-electron chi connectivity index (χ4n) is 2.84. The van der Waals surface area contributed by atoms with Crippen molar-refractivity contribution in [3.05, 3.63) is 65.0 Å². The van der Waals surface area contributed by atoms with E-state index < -0.39 is 6.61 Å². The molecule has 0 spiro atoms. The molecule has 146 valence electrons. The van der Waals surface area contributed by atoms with Gasteiger partial charge in [0, 0.05) is 5.69 Å². The molecule has 0 aliphatic rings. The van der Waals surface area contributed by atoms with Gasteiger partial charge in [-0.2, -0.15) is 8.78 Å². The van der Waals surface area contributed by atoms with Gasteiger partial charge in [-0.15, -0.1) is 5.10 Å². The zero-order valence-corrected chi connectivity index (χ0v) is 15.7. The highest BCUT2D eigenvalue weighted by Crippen LogP contribution is 2.22. The summed E-state index contributed by atoms with van der Waals surface area (Å²) in [5, 5.41) is 11.0. The summed E-state index contributed by atoms with van der Waals surface area (Å²) in [6.45, 7) is 2.91. The number of nitrogens with one attached hydrogen (secondary N) is 1. The van der Waals surface area contributed by atoms with Crippen molar-refractivity contribution in [2.24, 2.45) is 0 Å². The van der Waals surface area contributed by atoms with Crippen molar-refractivity contribution in [1.29, 1.82) is 0 Å². The molecule has 0 saturated carbocycles. The van der Waals surface area contributed by atoms with Gasteiger partial charge in [0.05, 0.1) is 11.4 Å². The summed E-state index contributed by atoms with van der Waals surface area (Å²) < 4.78 is 30.5. The molecule has 3 rings (SSSR count). The second kappa shape index (κ2) is 8.16. The maximum atomic E-state index is 12.7. The molecule has 28 heavy (non-hydrogen) atoms. The number of aryl methyl sites for hydroxylation is 1. The predicted molar refractivity (Wildman–Crippen MR) is 101 cm³/mol. The molecular formula is C20H20F2N4O2. The molecule has 0 aliphatic heterocycles. The SMILES string of the molecule is CCc1c(C(=O)Nc2cccc(C)c2C)nnn1-c1ccc(OC(F)F)cc1. The van der Waals surface area contributed by atoms with Crippen LogP contribution in [0.3, 0.4) is 0 Å². The minimum absolute atomic E-state index is 0.0461. The van der Waals surface area contributed by atoms with Gasteiger partial charge in [-0.05, 0) is 61.7 Å². The summed E-state index contributed by atoms with van der Waals surface area (Å²) in [7, 11) is 0. The fourth-order valence-corrected chi connectivity index (χ4v) is 2.84. The number of halogens is 2. The van der Waals surface area contributed by atoms with Crippen LogP contribution in [-0.2, 0) is 6.42 Å². The van der Waals surface area contributed by atoms with E-state index in [-0.39, 0.29) is 17.4 Å². The second-order valence-electron chi connectivity index (χ2n) is 6.22. The van der Waals surface area contributed by atoms with Crippen molar-refractivity contribution in [3.8, 4) is 11.4 Å². The van der Waals surface area contributed by atoms with Crippen LogP contribution in [0.1, 0.15) is 34.2 Å². The Bertz CT molecular complexity index is 984. The predicted octanol–water partition coefficient (Wildman–Crippen LogP) is 4.30. The molecule has 0 saturated heterocycles. The Hall–Kier alpha value is -3.29. The van der Waals surface area contributed by atoms with Crippen molar-refractivity contribution in [3.63, 3.8) is 0 Å². The molecule has 0 unspecified atom stereocenters. The Labute approximate surface area is 161 Å². The zero-order chi connectivity index (χ0) is 20.3. The molecular weight excluding hydrogens is 366 g/mol. The van der Waals surface area contributed by atoms with Crippen LogP contribution in [0.2, 0.25) is 0 Å². The van der Waals surface area contributed by atoms with Crippen molar-refractivity contribution in [1.82, 2.24) is 15.0 Å². The zero-order valence-electron chi connectivity index (χ0n) is 15.7. The van der Waals surface area contributed by atoms with Gasteiger partial charge in [0.2, 0.25) is 0 Å². The van der Waals surface area contributed by atoms with E-state index in [1.165, 1.54) is 16.8 Å². The van der Waals surface area contributed by atoms with Crippen molar-refractivity contribution in [2.75, 3.05) is 5.32 Å². The number of hydrogen-bond donors (Lipinski definition) is 1. The third kappa shape index (κ3) is 4.00. The average Bonchev–Trinajstić information content (AvgIpc) is 3.09. The molecule has 0 fully saturated rings. The highest BCUT2D eigenvalue weighted by atomic mass is 19.3. The lowest BCUT2D eigenvalue weighted by molar-refractivity contribution is -0.0498. The number of hydrogen-bond acceptors (Lipinski definition) is 4. The van der Waals surface area contributed by atoms with Crippen LogP contribution >= 0.6 is 0 Å². The van der Waals surface area contributed by atoms with Crippen LogP contribution in [0.5, 0.6) is 5.75 Å². The van der Waals surface area contributed by atoms with Gasteiger partial charge in [-0.3, -0.25) is 4.79 Å². The van der Waals surface area contributed by atoms with Crippen LogP contribution in [0, 0.1) is 13.8 Å². The molecule has 1 amide bonds. The highest BCUT2D eigenvalue weighted by molar-refractivity contribution is 6.04. The molecule has 1 heterocycles. The molecule has 1 aromatic heterocycles. The number of aromatic nitrogens is 3. The quantitative estimate of drug-likeness (QED) is 0.686. The molecule has 3 aromatic rings. The van der Waals surface area contributed by atoms with Gasteiger partial charge >= 0.3 is 6.61 Å². The Balaban J connectivity index is 1.87. The summed E-state index contributed by atoms with van der Waals surface area (Å²) in [5.74, 6) is -0.306. The summed E-state index contributed by atoms with van der Waals surface area (Å²) in [5.41, 5.74) is 4.20. The number of amides is 1. The molecule has 0 bridgehead atoms. The molecule has 0 radical (unpaired) electrons. The van der Waals surface area contributed by atoms with Gasteiger partial charge in [-0.1, -0.05) is 24.3 Å². The number of alkyl halides is 2. The number of rotatable bonds is 6. The van der Waals surface area contributed by atoms with E-state index in [2.05, 4.69) is 20.4 Å². The lowest BCUT2D eigenvalue weighted by atomic mass is 10.1. The largest absolute Gasteiger partial charge is 0.435 e. The van der Waals surface area contributed by atoms with E-state index in [0.29, 0.717) is 17.8 Å². The average molecular weight is 386 g/mol. The summed E-state index contributed by atoms with van der Waals surface area (Å²) in [6, 6.07) is 11.7. The van der Waals surface area contributed by atoms with Gasteiger partial charge in [0.25, 0.3) is 5.91 Å². The molecule has 6 nitrogen and oxygen atoms in total. The first-order chi connectivity index (χ1) is 13.4. The minimum Gasteiger partial charge on any atom is -0.435 e. The normalized spacial score (nSPS) is 10.9. The van der Waals surface area contributed by atoms with E-state index in [1.54, 1.807) is 12.1 Å². The lowest BCUT2D eigenvalue weighted by Crippen LogP contribution is -2.16. The highest BCUT2D eigenvalue weighted by Gasteiger charge is 2.20. The first-order valence-corrected chi connectivity index (χ1v) is 8.78. The maximum absolute atomic E-state index is 12.7. The summed E-state index contributed by atoms with van der Waals surface area (Å²) >= 11 is 0. The van der Waals surface area contributed by atoms with E-state index >= 15 is 0 Å². The maximum Gasteiger partial charge on any atom is 0.387 e. The second-order valence-corrected chi connectivity index (χ2v) is 6.22. The van der Waals surface area contributed by atoms with Crippen molar-refractivity contribution >= 4 is 11.6 Å². The number of ether oxygens (including phenoxy) is 1. The number of anilines is 1. The lowest BCUT2D eigenvalue weighted by Gasteiger charge is -2.10. The van der Waals surface area contributed by atoms with E-state index in [9.17, 15) is 13.6 Å². The van der Waals surface area contributed by atoms with E-state index in [1.807, 2.05) is 39.0 Å². The van der Waals surface area contributed by atoms with Crippen molar-refractivity contribution < 1.29 is 18.3 Å². The van der Waals surface area contributed by atoms with Crippen LogP contribution < -0.4 is 10.1 Å². The smallest absolute Gasteiger partial charge is 0.387 e. The Morgan fingerprint density at radius 3 is 2.54 bits per heavy atom. The van der Waals surface area contributed by atoms with Gasteiger partial charge in [0.15, 0.2) is 5.69 Å². The number of carbonyl (C=O) groups excluding carboxylic acids is 1. The minimum atomic E-state index is -2.89. The van der Waals surface area contributed by atoms with E-state index in [0.717, 1.165) is 16.8 Å². The Morgan fingerprint density at radius 2 is 1.89 bits per heavy atom. The number of carbonyl (C=O) groups is 1. The third-order valence-electron chi connectivity index (χ3n) is 4.47. The Kier molecular flexibility index (Phi) is 5.67. The van der Waals surface area contributed by atoms with Gasteiger partial charge < -0.3 is 10.1 Å². The first kappa shape index (κ1) is 19.5. The van der Waals surface area contributed by atoms with Crippen LogP contribution in [-0.4, -0.2) is 27.5 Å². The molecule has 0 atom stereocenters. The van der Waals surface area contributed by atoms with Crippen LogP contribution in [0.4, 0.5) is 14.5 Å². The molecule has 1 N–H and O–H groups in total. The fraction of sp³-hybridized carbons (Fsp3) is 0.250. The third-order valence-corrected chi connectivity index (χ3v) is 4.47. The molecule has 2 aromatic carbocycles. The summed E-state index contributed by atoms with van der Waals surface area (Å²) in [4.78, 5) is 12.7. The first-order valence-electron chi connectivity index (χ1n) is 8.78. The van der Waals surface area contributed by atoms with Gasteiger partial charge in [0.1, 0.15) is 5.75 Å².